The molecule has 3 aromatic rings. The lowest BCUT2D eigenvalue weighted by Crippen LogP contribution is -2.60. The summed E-state index contributed by atoms with van der Waals surface area (Å²) < 4.78 is 8.62. The Morgan fingerprint density at radius 2 is 1.87 bits per heavy atom. The number of piperidine rings is 1. The lowest BCUT2D eigenvalue weighted by molar-refractivity contribution is -0.155. The minimum absolute atomic E-state index is 0.176. The van der Waals surface area contributed by atoms with Crippen molar-refractivity contribution < 1.29 is 14.3 Å². The first-order valence-corrected chi connectivity index (χ1v) is 21.1. The number of piperazine rings is 1. The number of hydrogen-bond donors (Lipinski definition) is 2. The first kappa shape index (κ1) is 38.1. The second-order valence-corrected chi connectivity index (χ2v) is 17.8. The summed E-state index contributed by atoms with van der Waals surface area (Å²) in [5.74, 6) is -0.260. The van der Waals surface area contributed by atoms with Crippen LogP contribution in [0.5, 0.6) is 0 Å². The molecule has 0 spiro atoms. The zero-order valence-corrected chi connectivity index (χ0v) is 33.8. The second kappa shape index (κ2) is 15.6. The Hall–Kier alpha value is -3.77. The molecular weight excluding hydrogens is 689 g/mol. The molecule has 3 saturated heterocycles. The van der Waals surface area contributed by atoms with Crippen molar-refractivity contribution in [3.63, 3.8) is 0 Å². The number of aryl methyl sites for hydroxylation is 1. The number of fused-ring (bicyclic) bond motifs is 7. The van der Waals surface area contributed by atoms with E-state index in [9.17, 15) is 9.59 Å². The number of rotatable bonds is 4. The molecule has 11 heteroatoms. The van der Waals surface area contributed by atoms with Crippen LogP contribution in [0.15, 0.2) is 36.5 Å². The highest BCUT2D eigenvalue weighted by molar-refractivity contribution is 5.95. The number of nitrogens with zero attached hydrogens (tertiary/aromatic N) is 6. The van der Waals surface area contributed by atoms with Gasteiger partial charge in [-0.2, -0.15) is 0 Å². The topological polar surface area (TPSA) is 112 Å². The van der Waals surface area contributed by atoms with Gasteiger partial charge in [0.1, 0.15) is 6.04 Å². The van der Waals surface area contributed by atoms with E-state index in [4.69, 9.17) is 15.5 Å². The number of amides is 1. The zero-order chi connectivity index (χ0) is 38.4. The van der Waals surface area contributed by atoms with E-state index in [0.29, 0.717) is 38.4 Å². The molecule has 296 valence electrons. The highest BCUT2D eigenvalue weighted by atomic mass is 16.5. The number of carbonyl (C=O) groups excluding carboxylic acids is 2. The van der Waals surface area contributed by atoms with Crippen molar-refractivity contribution in [3.8, 4) is 11.3 Å². The molecule has 1 amide bonds. The van der Waals surface area contributed by atoms with E-state index in [-0.39, 0.29) is 29.8 Å². The van der Waals surface area contributed by atoms with Crippen molar-refractivity contribution in [3.05, 3.63) is 53.4 Å². The number of nitrogens with two attached hydrogens (primary N) is 1. The maximum atomic E-state index is 13.6. The van der Waals surface area contributed by atoms with Gasteiger partial charge in [0, 0.05) is 80.3 Å². The molecule has 7 heterocycles. The molecule has 0 saturated carbocycles. The van der Waals surface area contributed by atoms with E-state index in [1.54, 1.807) is 5.01 Å². The Bertz CT molecular complexity index is 1950. The normalized spacial score (nSPS) is 26.8. The van der Waals surface area contributed by atoms with Gasteiger partial charge in [-0.15, -0.1) is 0 Å². The molecule has 11 nitrogen and oxygen atoms in total. The predicted molar refractivity (Wildman–Crippen MR) is 220 cm³/mol. The number of hydrogen-bond acceptors (Lipinski definition) is 9. The van der Waals surface area contributed by atoms with E-state index in [1.807, 2.05) is 0 Å². The SMILES string of the molecule is CCn1c(-c2cc(N3CCN4CCCC[C@@H]4C3)cnc2C(C)C)c2c3cc(ccc31)C1=CCCN(C1)C[C@H](N)C(=O)N1CCC[C@H](N1)C(=O)OCC(C)(C)C2. The van der Waals surface area contributed by atoms with Crippen LogP contribution in [0.1, 0.15) is 95.9 Å². The maximum Gasteiger partial charge on any atom is 0.324 e. The Kier molecular flexibility index (Phi) is 10.8. The van der Waals surface area contributed by atoms with Crippen LogP contribution in [0, 0.1) is 5.41 Å². The van der Waals surface area contributed by atoms with Gasteiger partial charge >= 0.3 is 5.97 Å². The van der Waals surface area contributed by atoms with Crippen molar-refractivity contribution in [1.82, 2.24) is 29.8 Å². The Morgan fingerprint density at radius 1 is 1.02 bits per heavy atom. The average molecular weight is 751 g/mol. The molecule has 5 aliphatic heterocycles. The van der Waals surface area contributed by atoms with Crippen LogP contribution in [0.3, 0.4) is 0 Å². The number of cyclic esters (lactones) is 1. The number of benzene rings is 1. The molecule has 5 aliphatic rings. The number of hydrazine groups is 1. The minimum Gasteiger partial charge on any atom is -0.464 e. The fourth-order valence-corrected chi connectivity index (χ4v) is 9.86. The van der Waals surface area contributed by atoms with E-state index < -0.39 is 12.1 Å². The van der Waals surface area contributed by atoms with Gasteiger partial charge in [-0.25, -0.2) is 5.43 Å². The average Bonchev–Trinajstić information content (AvgIpc) is 3.50. The summed E-state index contributed by atoms with van der Waals surface area (Å²) in [6, 6.07) is 8.73. The first-order valence-electron chi connectivity index (χ1n) is 21.1. The quantitative estimate of drug-likeness (QED) is 0.332. The molecule has 3 N–H and O–H groups in total. The molecule has 0 radical (unpaired) electrons. The zero-order valence-electron chi connectivity index (χ0n) is 33.8. The van der Waals surface area contributed by atoms with Crippen LogP contribution in [0.25, 0.3) is 27.7 Å². The highest BCUT2D eigenvalue weighted by Gasteiger charge is 2.35. The highest BCUT2D eigenvalue weighted by Crippen LogP contribution is 2.43. The van der Waals surface area contributed by atoms with Crippen molar-refractivity contribution in [1.29, 1.82) is 0 Å². The Morgan fingerprint density at radius 3 is 2.69 bits per heavy atom. The standard InChI is InChI=1S/C44H62N8O3/c1-6-51-39-15-14-30-21-34(39)36(41(51)35-22-33(24-46-40(35)29(2)3)50-20-19-49-17-8-7-12-32(49)26-50)23-44(4,5)28-55-43(54)38-13-10-18-52(47-38)42(53)37(45)27-48-16-9-11-31(30)25-48/h11,14-15,21-22,24,29,32,37-38,47H,6-10,12-13,16-20,23,25-28,45H2,1-5H3/t32-,37+,38+/m1/s1. The number of pyridine rings is 1. The molecule has 55 heavy (non-hydrogen) atoms. The van der Waals surface area contributed by atoms with E-state index >= 15 is 0 Å². The predicted octanol–water partition coefficient (Wildman–Crippen LogP) is 5.56. The van der Waals surface area contributed by atoms with Crippen LogP contribution >= 0.6 is 0 Å². The van der Waals surface area contributed by atoms with Gasteiger partial charge in [-0.3, -0.25) is 29.4 Å². The number of anilines is 1. The van der Waals surface area contributed by atoms with Crippen LogP contribution < -0.4 is 16.1 Å². The van der Waals surface area contributed by atoms with Gasteiger partial charge in [-0.1, -0.05) is 46.3 Å². The van der Waals surface area contributed by atoms with Crippen LogP contribution in [0.2, 0.25) is 0 Å². The summed E-state index contributed by atoms with van der Waals surface area (Å²) in [5, 5.41) is 2.79. The maximum absolute atomic E-state index is 13.6. The summed E-state index contributed by atoms with van der Waals surface area (Å²) in [7, 11) is 0. The molecule has 3 fully saturated rings. The van der Waals surface area contributed by atoms with Gasteiger partial charge in [0.2, 0.25) is 0 Å². The number of carbonyl (C=O) groups is 2. The third-order valence-electron chi connectivity index (χ3n) is 12.8. The summed E-state index contributed by atoms with van der Waals surface area (Å²) in [5.41, 5.74) is 19.1. The first-order chi connectivity index (χ1) is 26.5. The number of ether oxygens (including phenoxy) is 1. The number of esters is 1. The lowest BCUT2D eigenvalue weighted by atomic mass is 9.83. The largest absolute Gasteiger partial charge is 0.464 e. The van der Waals surface area contributed by atoms with Crippen LogP contribution in [0.4, 0.5) is 5.69 Å². The fraction of sp³-hybridized carbons (Fsp3) is 0.614. The van der Waals surface area contributed by atoms with Crippen molar-refractivity contribution >= 4 is 34.0 Å². The van der Waals surface area contributed by atoms with E-state index in [2.05, 4.69) is 95.8 Å². The molecule has 8 rings (SSSR count). The molecule has 6 bridgehead atoms. The van der Waals surface area contributed by atoms with Gasteiger partial charge in [-0.05, 0) is 92.8 Å². The van der Waals surface area contributed by atoms with Crippen LogP contribution in [-0.4, -0.2) is 113 Å². The molecule has 1 aromatic carbocycles. The third-order valence-corrected chi connectivity index (χ3v) is 12.8. The Labute approximate surface area is 327 Å². The lowest BCUT2D eigenvalue weighted by Gasteiger charge is -2.45. The number of nitrogens with one attached hydrogen (secondary N) is 1. The van der Waals surface area contributed by atoms with Gasteiger partial charge in [0.25, 0.3) is 5.91 Å². The molecular formula is C44H62N8O3. The van der Waals surface area contributed by atoms with Gasteiger partial charge in [0.05, 0.1) is 35.9 Å². The molecule has 1 unspecified atom stereocenters. The molecule has 0 aliphatic carbocycles. The van der Waals surface area contributed by atoms with Crippen molar-refractivity contribution in [2.75, 3.05) is 63.9 Å². The number of aromatic nitrogens is 2. The molecule has 4 atom stereocenters. The smallest absolute Gasteiger partial charge is 0.324 e. The van der Waals surface area contributed by atoms with E-state index in [0.717, 1.165) is 51.4 Å². The minimum atomic E-state index is -0.694. The van der Waals surface area contributed by atoms with Crippen LogP contribution in [-0.2, 0) is 27.3 Å². The Balaban J connectivity index is 1.25. The monoisotopic (exact) mass is 750 g/mol. The fourth-order valence-electron chi connectivity index (χ4n) is 9.86. The second-order valence-electron chi connectivity index (χ2n) is 17.8. The van der Waals surface area contributed by atoms with Gasteiger partial charge in [0.15, 0.2) is 0 Å². The third kappa shape index (κ3) is 7.69. The van der Waals surface area contributed by atoms with Gasteiger partial charge < -0.3 is 19.9 Å². The summed E-state index contributed by atoms with van der Waals surface area (Å²) in [4.78, 5) is 39.9. The summed E-state index contributed by atoms with van der Waals surface area (Å²) in [6.45, 7) is 19.2. The van der Waals surface area contributed by atoms with Crippen molar-refractivity contribution in [2.45, 2.75) is 110 Å². The van der Waals surface area contributed by atoms with Crippen molar-refractivity contribution in [2.24, 2.45) is 11.1 Å². The molecule has 2 aromatic heterocycles. The van der Waals surface area contributed by atoms with E-state index in [1.165, 1.54) is 70.4 Å². The summed E-state index contributed by atoms with van der Waals surface area (Å²) in [6.07, 6.45) is 11.3. The summed E-state index contributed by atoms with van der Waals surface area (Å²) >= 11 is 0.